The van der Waals surface area contributed by atoms with E-state index in [1.807, 2.05) is 24.3 Å². The largest absolute Gasteiger partial charge is 1.00 e. The molecule has 0 aromatic heterocycles. The number of phenolic OH excluding ortho intramolecular Hbond substituents is 2. The third kappa shape index (κ3) is 2.42. The normalized spacial score (nSPS) is 9.78. The van der Waals surface area contributed by atoms with Crippen molar-refractivity contribution in [1.82, 2.24) is 0 Å². The van der Waals surface area contributed by atoms with Crippen molar-refractivity contribution >= 4 is 21.5 Å². The molecular formula is C14H10Na2O2+2. The molecule has 3 rings (SSSR count). The van der Waals surface area contributed by atoms with Gasteiger partial charge in [0.15, 0.2) is 0 Å². The topological polar surface area (TPSA) is 40.5 Å². The van der Waals surface area contributed by atoms with Gasteiger partial charge >= 0.3 is 59.1 Å². The van der Waals surface area contributed by atoms with Gasteiger partial charge < -0.3 is 10.2 Å². The van der Waals surface area contributed by atoms with Gasteiger partial charge in [0.05, 0.1) is 0 Å². The van der Waals surface area contributed by atoms with Crippen LogP contribution >= 0.6 is 0 Å². The molecule has 2 nitrogen and oxygen atoms in total. The number of benzene rings is 3. The molecule has 0 fully saturated rings. The number of phenols is 2. The Bertz CT molecular complexity index is 579. The van der Waals surface area contributed by atoms with Crippen molar-refractivity contribution in [3.63, 3.8) is 0 Å². The Morgan fingerprint density at radius 3 is 0.944 bits per heavy atom. The third-order valence-corrected chi connectivity index (χ3v) is 2.87. The zero-order valence-corrected chi connectivity index (χ0v) is 14.5. The number of hydrogen-bond acceptors (Lipinski definition) is 2. The molecular weight excluding hydrogens is 246 g/mol. The van der Waals surface area contributed by atoms with Gasteiger partial charge in [-0.05, 0) is 0 Å². The fourth-order valence-electron chi connectivity index (χ4n) is 2.08. The van der Waals surface area contributed by atoms with Crippen LogP contribution in [0.25, 0.3) is 21.5 Å². The van der Waals surface area contributed by atoms with Crippen molar-refractivity contribution in [2.45, 2.75) is 0 Å². The van der Waals surface area contributed by atoms with E-state index in [1.54, 1.807) is 24.3 Å². The Morgan fingerprint density at radius 1 is 0.500 bits per heavy atom. The minimum atomic E-state index is 0. The quantitative estimate of drug-likeness (QED) is 0.263. The maximum absolute atomic E-state index is 10.1. The van der Waals surface area contributed by atoms with Crippen LogP contribution in [-0.4, -0.2) is 10.2 Å². The maximum atomic E-state index is 10.1. The molecule has 3 aromatic rings. The zero-order chi connectivity index (χ0) is 11.1. The monoisotopic (exact) mass is 256 g/mol. The average molecular weight is 256 g/mol. The van der Waals surface area contributed by atoms with E-state index in [0.29, 0.717) is 21.5 Å². The first-order valence-corrected chi connectivity index (χ1v) is 5.10. The Morgan fingerprint density at radius 2 is 0.722 bits per heavy atom. The van der Waals surface area contributed by atoms with Crippen LogP contribution in [0.4, 0.5) is 0 Å². The third-order valence-electron chi connectivity index (χ3n) is 2.87. The summed E-state index contributed by atoms with van der Waals surface area (Å²) in [6, 6.07) is 14.6. The van der Waals surface area contributed by atoms with Crippen LogP contribution in [0.15, 0.2) is 48.5 Å². The molecule has 0 radical (unpaired) electrons. The summed E-state index contributed by atoms with van der Waals surface area (Å²) < 4.78 is 0. The van der Waals surface area contributed by atoms with Gasteiger partial charge in [0.1, 0.15) is 11.5 Å². The van der Waals surface area contributed by atoms with Crippen molar-refractivity contribution in [1.29, 1.82) is 0 Å². The summed E-state index contributed by atoms with van der Waals surface area (Å²) in [5, 5.41) is 23.0. The van der Waals surface area contributed by atoms with E-state index in [4.69, 9.17) is 0 Å². The number of fused-ring (bicyclic) bond motifs is 2. The van der Waals surface area contributed by atoms with Gasteiger partial charge in [0.2, 0.25) is 0 Å². The minimum absolute atomic E-state index is 0. The van der Waals surface area contributed by atoms with Gasteiger partial charge in [-0.2, -0.15) is 0 Å². The van der Waals surface area contributed by atoms with Gasteiger partial charge in [0.25, 0.3) is 0 Å². The number of aromatic hydroxyl groups is 2. The van der Waals surface area contributed by atoms with Crippen LogP contribution in [0.1, 0.15) is 0 Å². The van der Waals surface area contributed by atoms with Gasteiger partial charge in [-0.3, -0.25) is 0 Å². The van der Waals surface area contributed by atoms with Crippen LogP contribution in [0.5, 0.6) is 11.5 Å². The summed E-state index contributed by atoms with van der Waals surface area (Å²) in [6.07, 6.45) is 0. The fraction of sp³-hybridized carbons (Fsp3) is 0. The van der Waals surface area contributed by atoms with E-state index in [9.17, 15) is 10.2 Å². The van der Waals surface area contributed by atoms with Gasteiger partial charge in [-0.25, -0.2) is 0 Å². The minimum Gasteiger partial charge on any atom is -0.507 e. The van der Waals surface area contributed by atoms with Crippen LogP contribution in [0.2, 0.25) is 0 Å². The molecule has 4 heteroatoms. The molecule has 78 valence electrons. The number of hydrogen-bond donors (Lipinski definition) is 2. The summed E-state index contributed by atoms with van der Waals surface area (Å²) in [4.78, 5) is 0. The van der Waals surface area contributed by atoms with E-state index in [2.05, 4.69) is 0 Å². The fourth-order valence-corrected chi connectivity index (χ4v) is 2.08. The van der Waals surface area contributed by atoms with Crippen LogP contribution in [0, 0.1) is 0 Å². The first kappa shape index (κ1) is 15.8. The Kier molecular flexibility index (Phi) is 5.53. The molecule has 0 saturated heterocycles. The predicted octanol–water partition coefficient (Wildman–Crippen LogP) is -2.59. The summed E-state index contributed by atoms with van der Waals surface area (Å²) >= 11 is 0. The Balaban J connectivity index is 0.000000810. The molecule has 0 amide bonds. The van der Waals surface area contributed by atoms with Crippen molar-refractivity contribution in [2.24, 2.45) is 0 Å². The summed E-state index contributed by atoms with van der Waals surface area (Å²) in [5.41, 5.74) is 0. The molecule has 0 bridgehead atoms. The zero-order valence-electron chi connectivity index (χ0n) is 10.5. The maximum Gasteiger partial charge on any atom is 1.00 e. The predicted molar refractivity (Wildman–Crippen MR) is 64.8 cm³/mol. The van der Waals surface area contributed by atoms with Gasteiger partial charge in [-0.15, -0.1) is 0 Å². The molecule has 0 unspecified atom stereocenters. The average Bonchev–Trinajstić information content (AvgIpc) is 2.36. The Hall–Kier alpha value is -0.220. The van der Waals surface area contributed by atoms with Crippen molar-refractivity contribution < 1.29 is 69.3 Å². The van der Waals surface area contributed by atoms with Crippen LogP contribution in [-0.2, 0) is 0 Å². The molecule has 18 heavy (non-hydrogen) atoms. The second-order valence-corrected chi connectivity index (χ2v) is 3.79. The van der Waals surface area contributed by atoms with Crippen molar-refractivity contribution in [3.8, 4) is 11.5 Å². The first-order valence-electron chi connectivity index (χ1n) is 5.10. The molecule has 0 aliphatic carbocycles. The van der Waals surface area contributed by atoms with E-state index in [1.165, 1.54) is 0 Å². The van der Waals surface area contributed by atoms with Crippen molar-refractivity contribution in [2.75, 3.05) is 0 Å². The molecule has 0 spiro atoms. The number of rotatable bonds is 0. The van der Waals surface area contributed by atoms with E-state index in [-0.39, 0.29) is 70.6 Å². The molecule has 3 aromatic carbocycles. The van der Waals surface area contributed by atoms with E-state index < -0.39 is 0 Å². The Labute approximate surface area is 149 Å². The van der Waals surface area contributed by atoms with Gasteiger partial charge in [0, 0.05) is 21.5 Å². The first-order chi connectivity index (χ1) is 7.79. The molecule has 0 aliphatic rings. The summed E-state index contributed by atoms with van der Waals surface area (Å²) in [5.74, 6) is 0.452. The van der Waals surface area contributed by atoms with E-state index in [0.717, 1.165) is 0 Å². The standard InChI is InChI=1S/C14H10O2.2Na/c15-13-9-5-1-2-6-10(9)14(16)12-8-4-3-7-11(12)13;;/h1-8,15-16H;;/q;2*+1. The van der Waals surface area contributed by atoms with Crippen LogP contribution < -0.4 is 59.1 Å². The van der Waals surface area contributed by atoms with Crippen LogP contribution in [0.3, 0.4) is 0 Å². The molecule has 2 N–H and O–H groups in total. The molecule has 0 atom stereocenters. The smallest absolute Gasteiger partial charge is 0.507 e. The van der Waals surface area contributed by atoms with Crippen molar-refractivity contribution in [3.05, 3.63) is 48.5 Å². The molecule has 0 aliphatic heterocycles. The second kappa shape index (κ2) is 6.29. The SMILES string of the molecule is Oc1c2ccccc2c(O)c2ccccc12.[Na+].[Na+]. The summed E-state index contributed by atoms with van der Waals surface area (Å²) in [6.45, 7) is 0. The second-order valence-electron chi connectivity index (χ2n) is 3.79. The van der Waals surface area contributed by atoms with E-state index >= 15 is 0 Å². The van der Waals surface area contributed by atoms with Gasteiger partial charge in [-0.1, -0.05) is 48.5 Å². The summed E-state index contributed by atoms with van der Waals surface area (Å²) in [7, 11) is 0. The molecule has 0 saturated carbocycles. The molecule has 0 heterocycles.